The molecule has 0 fully saturated rings. The van der Waals surface area contributed by atoms with E-state index in [-0.39, 0.29) is 5.56 Å². The highest BCUT2D eigenvalue weighted by Crippen LogP contribution is 2.20. The lowest BCUT2D eigenvalue weighted by Gasteiger charge is -2.02. The van der Waals surface area contributed by atoms with E-state index in [1.165, 1.54) is 6.07 Å². The molecule has 0 spiro atoms. The minimum atomic E-state index is -1.02. The van der Waals surface area contributed by atoms with E-state index in [4.69, 9.17) is 16.7 Å². The maximum Gasteiger partial charge on any atom is 0.338 e. The van der Waals surface area contributed by atoms with Gasteiger partial charge in [-0.15, -0.1) is 5.10 Å². The third-order valence-electron chi connectivity index (χ3n) is 2.78. The summed E-state index contributed by atoms with van der Waals surface area (Å²) >= 11 is 5.84. The van der Waals surface area contributed by atoms with Crippen LogP contribution in [-0.2, 0) is 0 Å². The fourth-order valence-corrected chi connectivity index (χ4v) is 2.02. The Morgan fingerprint density at radius 2 is 1.89 bits per heavy atom. The Morgan fingerprint density at radius 1 is 1.16 bits per heavy atom. The summed E-state index contributed by atoms with van der Waals surface area (Å²) in [7, 11) is 0. The number of hydrogen-bond acceptors (Lipinski definition) is 3. The number of carbonyl (C=O) groups is 1. The SMILES string of the molecule is O=C(O)c1cccc2c1nnn2-c1ccc(Cl)cc1. The average molecular weight is 274 g/mol. The predicted molar refractivity (Wildman–Crippen MR) is 70.8 cm³/mol. The normalized spacial score (nSPS) is 10.8. The van der Waals surface area contributed by atoms with Crippen molar-refractivity contribution < 1.29 is 9.90 Å². The van der Waals surface area contributed by atoms with Crippen molar-refractivity contribution in [2.24, 2.45) is 0 Å². The molecular formula is C13H8ClN3O2. The summed E-state index contributed by atoms with van der Waals surface area (Å²) in [5.41, 5.74) is 1.92. The topological polar surface area (TPSA) is 68.0 Å². The monoisotopic (exact) mass is 273 g/mol. The van der Waals surface area contributed by atoms with Crippen molar-refractivity contribution in [3.05, 3.63) is 53.1 Å². The zero-order chi connectivity index (χ0) is 13.4. The Kier molecular flexibility index (Phi) is 2.68. The number of carboxylic acid groups (broad SMARTS) is 1. The molecule has 0 radical (unpaired) electrons. The van der Waals surface area contributed by atoms with Crippen LogP contribution in [0.15, 0.2) is 42.5 Å². The van der Waals surface area contributed by atoms with E-state index in [1.54, 1.807) is 41.1 Å². The molecule has 1 aromatic heterocycles. The van der Waals surface area contributed by atoms with Crippen molar-refractivity contribution in [3.8, 4) is 5.69 Å². The van der Waals surface area contributed by atoms with Crippen LogP contribution in [0.2, 0.25) is 5.02 Å². The fourth-order valence-electron chi connectivity index (χ4n) is 1.89. The zero-order valence-corrected chi connectivity index (χ0v) is 10.4. The molecule has 5 nitrogen and oxygen atoms in total. The highest BCUT2D eigenvalue weighted by Gasteiger charge is 2.14. The summed E-state index contributed by atoms with van der Waals surface area (Å²) in [6.45, 7) is 0. The van der Waals surface area contributed by atoms with E-state index in [1.807, 2.05) is 0 Å². The van der Waals surface area contributed by atoms with Crippen molar-refractivity contribution in [3.63, 3.8) is 0 Å². The average Bonchev–Trinajstić information content (AvgIpc) is 2.83. The second-order valence-electron chi connectivity index (χ2n) is 3.96. The smallest absolute Gasteiger partial charge is 0.338 e. The molecule has 0 aliphatic heterocycles. The van der Waals surface area contributed by atoms with Crippen molar-refractivity contribution in [1.29, 1.82) is 0 Å². The van der Waals surface area contributed by atoms with Gasteiger partial charge in [0.25, 0.3) is 0 Å². The molecule has 0 aliphatic rings. The van der Waals surface area contributed by atoms with E-state index in [9.17, 15) is 4.79 Å². The Labute approximate surface area is 113 Å². The molecule has 94 valence electrons. The van der Waals surface area contributed by atoms with Crippen molar-refractivity contribution in [2.45, 2.75) is 0 Å². The molecule has 0 unspecified atom stereocenters. The van der Waals surface area contributed by atoms with Gasteiger partial charge in [0.2, 0.25) is 0 Å². The van der Waals surface area contributed by atoms with Crippen LogP contribution in [0.3, 0.4) is 0 Å². The van der Waals surface area contributed by atoms with E-state index >= 15 is 0 Å². The fraction of sp³-hybridized carbons (Fsp3) is 0. The van der Waals surface area contributed by atoms with Gasteiger partial charge in [-0.3, -0.25) is 0 Å². The van der Waals surface area contributed by atoms with Crippen molar-refractivity contribution in [2.75, 3.05) is 0 Å². The molecule has 6 heteroatoms. The number of hydrogen-bond donors (Lipinski definition) is 1. The first-order valence-corrected chi connectivity index (χ1v) is 5.88. The summed E-state index contributed by atoms with van der Waals surface area (Å²) < 4.78 is 1.58. The number of aromatic nitrogens is 3. The number of benzene rings is 2. The molecule has 3 aromatic rings. The quantitative estimate of drug-likeness (QED) is 0.779. The first-order valence-electron chi connectivity index (χ1n) is 5.50. The highest BCUT2D eigenvalue weighted by molar-refractivity contribution is 6.30. The molecule has 0 saturated carbocycles. The number of rotatable bonds is 2. The first-order chi connectivity index (χ1) is 9.16. The first kappa shape index (κ1) is 11.7. The Morgan fingerprint density at radius 3 is 2.58 bits per heavy atom. The summed E-state index contributed by atoms with van der Waals surface area (Å²) in [6, 6.07) is 12.0. The van der Waals surface area contributed by atoms with E-state index in [0.717, 1.165) is 5.69 Å². The van der Waals surface area contributed by atoms with Crippen LogP contribution < -0.4 is 0 Å². The molecule has 0 aliphatic carbocycles. The standard InChI is InChI=1S/C13H8ClN3O2/c14-8-4-6-9(7-5-8)17-11-3-1-2-10(13(18)19)12(11)15-16-17/h1-7H,(H,18,19). The van der Waals surface area contributed by atoms with Gasteiger partial charge in [0.1, 0.15) is 5.52 Å². The summed E-state index contributed by atoms with van der Waals surface area (Å²) in [5.74, 6) is -1.02. The third-order valence-corrected chi connectivity index (χ3v) is 3.03. The van der Waals surface area contributed by atoms with Gasteiger partial charge >= 0.3 is 5.97 Å². The molecule has 0 bridgehead atoms. The van der Waals surface area contributed by atoms with Crippen LogP contribution >= 0.6 is 11.6 Å². The van der Waals surface area contributed by atoms with Gasteiger partial charge in [0.15, 0.2) is 0 Å². The number of nitrogens with zero attached hydrogens (tertiary/aromatic N) is 3. The maximum absolute atomic E-state index is 11.1. The van der Waals surface area contributed by atoms with Gasteiger partial charge < -0.3 is 5.11 Å². The molecule has 0 amide bonds. The molecule has 1 N–H and O–H groups in total. The largest absolute Gasteiger partial charge is 0.478 e. The van der Waals surface area contributed by atoms with Gasteiger partial charge in [-0.25, -0.2) is 9.48 Å². The summed E-state index contributed by atoms with van der Waals surface area (Å²) in [6.07, 6.45) is 0. The second kappa shape index (κ2) is 4.37. The Hall–Kier alpha value is -2.40. The number of halogens is 1. The lowest BCUT2D eigenvalue weighted by atomic mass is 10.2. The molecular weight excluding hydrogens is 266 g/mol. The maximum atomic E-state index is 11.1. The summed E-state index contributed by atoms with van der Waals surface area (Å²) in [4.78, 5) is 11.1. The highest BCUT2D eigenvalue weighted by atomic mass is 35.5. The van der Waals surface area contributed by atoms with Crippen LogP contribution in [0, 0.1) is 0 Å². The van der Waals surface area contributed by atoms with Gasteiger partial charge in [-0.2, -0.15) is 0 Å². The van der Waals surface area contributed by atoms with Crippen molar-refractivity contribution >= 4 is 28.6 Å². The van der Waals surface area contributed by atoms with Crippen LogP contribution in [0.4, 0.5) is 0 Å². The second-order valence-corrected chi connectivity index (χ2v) is 4.39. The van der Waals surface area contributed by atoms with Gasteiger partial charge in [-0.1, -0.05) is 22.9 Å². The lowest BCUT2D eigenvalue weighted by molar-refractivity contribution is 0.0699. The number of fused-ring (bicyclic) bond motifs is 1. The minimum absolute atomic E-state index is 0.137. The van der Waals surface area contributed by atoms with Gasteiger partial charge in [0, 0.05) is 5.02 Å². The van der Waals surface area contributed by atoms with Crippen LogP contribution in [-0.4, -0.2) is 26.1 Å². The predicted octanol–water partition coefficient (Wildman–Crippen LogP) is 2.77. The van der Waals surface area contributed by atoms with Crippen LogP contribution in [0.5, 0.6) is 0 Å². The van der Waals surface area contributed by atoms with E-state index in [2.05, 4.69) is 10.3 Å². The Balaban J connectivity index is 2.24. The van der Waals surface area contributed by atoms with Crippen LogP contribution in [0.1, 0.15) is 10.4 Å². The molecule has 1 heterocycles. The molecule has 0 atom stereocenters. The van der Waals surface area contributed by atoms with E-state index < -0.39 is 5.97 Å². The Bertz CT molecular complexity index is 765. The lowest BCUT2D eigenvalue weighted by Crippen LogP contribution is -1.98. The van der Waals surface area contributed by atoms with Crippen molar-refractivity contribution in [1.82, 2.24) is 15.0 Å². The zero-order valence-electron chi connectivity index (χ0n) is 9.62. The summed E-state index contributed by atoms with van der Waals surface area (Å²) in [5, 5.41) is 17.7. The number of carboxylic acids is 1. The van der Waals surface area contributed by atoms with E-state index in [0.29, 0.717) is 16.1 Å². The van der Waals surface area contributed by atoms with Gasteiger partial charge in [-0.05, 0) is 36.4 Å². The molecule has 3 rings (SSSR count). The number of aromatic carboxylic acids is 1. The molecule has 2 aromatic carbocycles. The van der Waals surface area contributed by atoms with Crippen LogP contribution in [0.25, 0.3) is 16.7 Å². The van der Waals surface area contributed by atoms with Gasteiger partial charge in [0.05, 0.1) is 16.8 Å². The molecule has 19 heavy (non-hydrogen) atoms. The minimum Gasteiger partial charge on any atom is -0.478 e. The third kappa shape index (κ3) is 1.94. The molecule has 0 saturated heterocycles.